The molecule has 3 atom stereocenters. The van der Waals surface area contributed by atoms with Crippen LogP contribution in [0.1, 0.15) is 68.8 Å². The summed E-state index contributed by atoms with van der Waals surface area (Å²) in [6, 6.07) is 0.267. The van der Waals surface area contributed by atoms with Gasteiger partial charge in [0, 0.05) is 36.4 Å². The first-order valence-corrected chi connectivity index (χ1v) is 9.32. The number of nitrogens with zero attached hydrogens (tertiary/aromatic N) is 2. The van der Waals surface area contributed by atoms with E-state index >= 15 is 0 Å². The number of carbonyl (C=O) groups excluding carboxylic acids is 1. The third-order valence-electron chi connectivity index (χ3n) is 6.40. The van der Waals surface area contributed by atoms with Gasteiger partial charge >= 0.3 is 0 Å². The van der Waals surface area contributed by atoms with Crippen LogP contribution in [0.5, 0.6) is 0 Å². The Morgan fingerprint density at radius 2 is 2.08 bits per heavy atom. The zero-order valence-electron chi connectivity index (χ0n) is 15.7. The molecular weight excluding hydrogens is 302 g/mol. The Kier molecular flexibility index (Phi) is 4.73. The van der Waals surface area contributed by atoms with Gasteiger partial charge in [-0.2, -0.15) is 5.10 Å². The third kappa shape index (κ3) is 2.67. The van der Waals surface area contributed by atoms with E-state index in [2.05, 4.69) is 17.3 Å². The van der Waals surface area contributed by atoms with Crippen molar-refractivity contribution in [3.8, 4) is 0 Å². The summed E-state index contributed by atoms with van der Waals surface area (Å²) in [7, 11) is 1.93. The van der Waals surface area contributed by atoms with Gasteiger partial charge in [0.1, 0.15) is 0 Å². The van der Waals surface area contributed by atoms with Crippen molar-refractivity contribution in [3.63, 3.8) is 0 Å². The number of carbonyl (C=O) groups is 1. The average Bonchev–Trinajstić information content (AvgIpc) is 3.14. The van der Waals surface area contributed by atoms with E-state index in [0.717, 1.165) is 30.0 Å². The van der Waals surface area contributed by atoms with E-state index in [1.54, 1.807) is 0 Å². The van der Waals surface area contributed by atoms with Gasteiger partial charge in [0.2, 0.25) is 5.91 Å². The van der Waals surface area contributed by atoms with Crippen LogP contribution >= 0.6 is 0 Å². The van der Waals surface area contributed by atoms with Crippen molar-refractivity contribution < 1.29 is 9.53 Å². The van der Waals surface area contributed by atoms with Crippen LogP contribution in [-0.4, -0.2) is 34.4 Å². The maximum atomic E-state index is 12.9. The minimum atomic E-state index is -0.164. The van der Waals surface area contributed by atoms with Crippen LogP contribution in [0.4, 0.5) is 0 Å². The Morgan fingerprint density at radius 3 is 2.62 bits per heavy atom. The molecule has 1 heterocycles. The van der Waals surface area contributed by atoms with Gasteiger partial charge in [0.15, 0.2) is 0 Å². The summed E-state index contributed by atoms with van der Waals surface area (Å²) in [5.41, 5.74) is 3.28. The van der Waals surface area contributed by atoms with Crippen molar-refractivity contribution in [3.05, 3.63) is 17.0 Å². The number of hydrogen-bond acceptors (Lipinski definition) is 3. The van der Waals surface area contributed by atoms with E-state index in [1.807, 2.05) is 32.5 Å². The van der Waals surface area contributed by atoms with Crippen LogP contribution in [0.2, 0.25) is 0 Å². The van der Waals surface area contributed by atoms with Crippen molar-refractivity contribution in [2.45, 2.75) is 77.9 Å². The van der Waals surface area contributed by atoms with Crippen molar-refractivity contribution in [1.29, 1.82) is 0 Å². The van der Waals surface area contributed by atoms with Crippen molar-refractivity contribution in [2.75, 3.05) is 6.61 Å². The maximum absolute atomic E-state index is 12.9. The molecule has 1 aromatic heterocycles. The van der Waals surface area contributed by atoms with E-state index < -0.39 is 0 Å². The Hall–Kier alpha value is -1.36. The van der Waals surface area contributed by atoms with Crippen molar-refractivity contribution in [2.24, 2.45) is 12.5 Å². The molecule has 3 rings (SSSR count). The molecule has 0 radical (unpaired) electrons. The molecule has 1 spiro atoms. The number of ether oxygens (including phenoxy) is 1. The summed E-state index contributed by atoms with van der Waals surface area (Å²) in [5.74, 6) is -0.0382. The SMILES string of the molecule is CCO[C@@H]1C[C@@H](NC(=O)[C@@H](C)c2c(C)nn(C)c2C)C12CCCC2. The van der Waals surface area contributed by atoms with Crippen LogP contribution in [0.15, 0.2) is 0 Å². The van der Waals surface area contributed by atoms with E-state index in [-0.39, 0.29) is 23.3 Å². The fourth-order valence-electron chi connectivity index (χ4n) is 4.93. The maximum Gasteiger partial charge on any atom is 0.227 e. The van der Waals surface area contributed by atoms with Gasteiger partial charge in [-0.25, -0.2) is 0 Å². The number of hydrogen-bond donors (Lipinski definition) is 1. The topological polar surface area (TPSA) is 56.1 Å². The number of aryl methyl sites for hydroxylation is 2. The molecule has 0 aromatic carbocycles. The lowest BCUT2D eigenvalue weighted by Crippen LogP contribution is -2.64. The van der Waals surface area contributed by atoms with Gasteiger partial charge in [-0.05, 0) is 47.0 Å². The van der Waals surface area contributed by atoms with Crippen LogP contribution in [0, 0.1) is 19.3 Å². The zero-order chi connectivity index (χ0) is 17.5. The average molecular weight is 333 g/mol. The molecule has 1 N–H and O–H groups in total. The van der Waals surface area contributed by atoms with Gasteiger partial charge in [-0.3, -0.25) is 9.48 Å². The van der Waals surface area contributed by atoms with Gasteiger partial charge in [-0.15, -0.1) is 0 Å². The van der Waals surface area contributed by atoms with Gasteiger partial charge in [0.25, 0.3) is 0 Å². The number of amides is 1. The zero-order valence-corrected chi connectivity index (χ0v) is 15.7. The highest BCUT2D eigenvalue weighted by Crippen LogP contribution is 2.54. The molecule has 2 fully saturated rings. The van der Waals surface area contributed by atoms with E-state index in [4.69, 9.17) is 4.74 Å². The summed E-state index contributed by atoms with van der Waals surface area (Å²) >= 11 is 0. The van der Waals surface area contributed by atoms with Crippen molar-refractivity contribution in [1.82, 2.24) is 15.1 Å². The molecule has 134 valence electrons. The molecule has 0 aliphatic heterocycles. The van der Waals surface area contributed by atoms with Gasteiger partial charge in [0.05, 0.1) is 17.7 Å². The number of rotatable bonds is 5. The van der Waals surface area contributed by atoms with Crippen molar-refractivity contribution >= 4 is 5.91 Å². The smallest absolute Gasteiger partial charge is 0.227 e. The third-order valence-corrected chi connectivity index (χ3v) is 6.40. The predicted molar refractivity (Wildman–Crippen MR) is 94.0 cm³/mol. The van der Waals surface area contributed by atoms with Crippen LogP contribution < -0.4 is 5.32 Å². The second-order valence-electron chi connectivity index (χ2n) is 7.61. The minimum Gasteiger partial charge on any atom is -0.378 e. The van der Waals surface area contributed by atoms with Crippen LogP contribution in [-0.2, 0) is 16.6 Å². The molecule has 0 saturated heterocycles. The predicted octanol–water partition coefficient (Wildman–Crippen LogP) is 2.99. The molecule has 0 unspecified atom stereocenters. The molecular formula is C19H31N3O2. The molecule has 1 amide bonds. The molecule has 2 aliphatic carbocycles. The lowest BCUT2D eigenvalue weighted by molar-refractivity contribution is -0.144. The molecule has 24 heavy (non-hydrogen) atoms. The molecule has 0 bridgehead atoms. The second kappa shape index (κ2) is 6.51. The fourth-order valence-corrected chi connectivity index (χ4v) is 4.93. The van der Waals surface area contributed by atoms with E-state index in [9.17, 15) is 4.79 Å². The Morgan fingerprint density at radius 1 is 1.42 bits per heavy atom. The molecule has 5 heteroatoms. The number of aromatic nitrogens is 2. The quantitative estimate of drug-likeness (QED) is 0.901. The Bertz CT molecular complexity index is 616. The monoisotopic (exact) mass is 333 g/mol. The van der Waals surface area contributed by atoms with Crippen LogP contribution in [0.3, 0.4) is 0 Å². The summed E-state index contributed by atoms with van der Waals surface area (Å²) in [6.07, 6.45) is 6.16. The summed E-state index contributed by atoms with van der Waals surface area (Å²) in [6.45, 7) is 8.83. The Labute approximate surface area is 145 Å². The highest BCUT2D eigenvalue weighted by Gasteiger charge is 2.57. The van der Waals surface area contributed by atoms with Gasteiger partial charge < -0.3 is 10.1 Å². The number of nitrogens with one attached hydrogen (secondary N) is 1. The lowest BCUT2D eigenvalue weighted by Gasteiger charge is -2.54. The summed E-state index contributed by atoms with van der Waals surface area (Å²) in [4.78, 5) is 12.9. The summed E-state index contributed by atoms with van der Waals surface area (Å²) in [5, 5.41) is 7.79. The first-order chi connectivity index (χ1) is 11.4. The standard InChI is InChI=1S/C19H31N3O2/c1-6-24-16-11-15(19(16)9-7-8-10-19)20-18(23)12(2)17-13(3)21-22(5)14(17)4/h12,15-16H,6-11H2,1-5H3,(H,20,23)/t12-,15+,16+/m0/s1. The minimum absolute atomic E-state index is 0.125. The first-order valence-electron chi connectivity index (χ1n) is 9.32. The van der Waals surface area contributed by atoms with E-state index in [0.29, 0.717) is 6.10 Å². The van der Waals surface area contributed by atoms with E-state index in [1.165, 1.54) is 25.7 Å². The molecule has 2 aliphatic rings. The highest BCUT2D eigenvalue weighted by molar-refractivity contribution is 5.84. The Balaban J connectivity index is 1.71. The lowest BCUT2D eigenvalue weighted by atomic mass is 9.60. The van der Waals surface area contributed by atoms with Gasteiger partial charge in [-0.1, -0.05) is 12.8 Å². The largest absolute Gasteiger partial charge is 0.378 e. The molecule has 2 saturated carbocycles. The van der Waals surface area contributed by atoms with Crippen LogP contribution in [0.25, 0.3) is 0 Å². The highest BCUT2D eigenvalue weighted by atomic mass is 16.5. The molecule has 5 nitrogen and oxygen atoms in total. The summed E-state index contributed by atoms with van der Waals surface area (Å²) < 4.78 is 7.81. The second-order valence-corrected chi connectivity index (χ2v) is 7.61. The normalized spacial score (nSPS) is 26.4. The molecule has 1 aromatic rings. The fraction of sp³-hybridized carbons (Fsp3) is 0.789. The first kappa shape index (κ1) is 17.5.